The summed E-state index contributed by atoms with van der Waals surface area (Å²) in [4.78, 5) is 22.9. The summed E-state index contributed by atoms with van der Waals surface area (Å²) >= 11 is 0. The van der Waals surface area contributed by atoms with E-state index in [1.807, 2.05) is 19.1 Å². The molecule has 0 fully saturated rings. The molecule has 0 atom stereocenters. The Balaban J connectivity index is 2.34. The number of amides is 2. The molecule has 0 spiro atoms. The van der Waals surface area contributed by atoms with Crippen LogP contribution in [0.15, 0.2) is 42.5 Å². The summed E-state index contributed by atoms with van der Waals surface area (Å²) in [5, 5.41) is 11.2. The van der Waals surface area contributed by atoms with Gasteiger partial charge in [0.2, 0.25) is 0 Å². The number of carbonyl (C=O) groups excluding carboxylic acids is 2. The number of hydrogen-bond donors (Lipinski definition) is 3. The van der Waals surface area contributed by atoms with Gasteiger partial charge in [-0.25, -0.2) is 5.48 Å². The largest absolute Gasteiger partial charge is 0.355 e. The molecule has 2 aromatic rings. The van der Waals surface area contributed by atoms with Crippen LogP contribution in [0.25, 0.3) is 11.1 Å². The molecule has 0 unspecified atom stereocenters. The van der Waals surface area contributed by atoms with E-state index in [0.29, 0.717) is 11.1 Å². The fourth-order valence-corrected chi connectivity index (χ4v) is 2.14. The SMILES string of the molecule is CNC(=O)c1ccc(-c2ccc(C(=O)NO)cc2)c(C)c1. The first-order valence-corrected chi connectivity index (χ1v) is 6.44. The van der Waals surface area contributed by atoms with E-state index in [1.54, 1.807) is 42.9 Å². The topological polar surface area (TPSA) is 78.4 Å². The van der Waals surface area contributed by atoms with Gasteiger partial charge in [0, 0.05) is 18.2 Å². The van der Waals surface area contributed by atoms with Crippen molar-refractivity contribution in [2.45, 2.75) is 6.92 Å². The van der Waals surface area contributed by atoms with Gasteiger partial charge in [-0.15, -0.1) is 0 Å². The number of hydroxylamine groups is 1. The summed E-state index contributed by atoms with van der Waals surface area (Å²) in [6.07, 6.45) is 0. The number of nitrogens with one attached hydrogen (secondary N) is 2. The van der Waals surface area contributed by atoms with Crippen molar-refractivity contribution in [2.75, 3.05) is 7.05 Å². The Hall–Kier alpha value is -2.66. The van der Waals surface area contributed by atoms with Gasteiger partial charge in [-0.2, -0.15) is 0 Å². The number of benzene rings is 2. The summed E-state index contributed by atoms with van der Waals surface area (Å²) in [6.45, 7) is 1.93. The second-order valence-corrected chi connectivity index (χ2v) is 4.63. The van der Waals surface area contributed by atoms with Gasteiger partial charge in [-0.1, -0.05) is 18.2 Å². The second kappa shape index (κ2) is 6.19. The maximum Gasteiger partial charge on any atom is 0.274 e. The summed E-state index contributed by atoms with van der Waals surface area (Å²) in [6, 6.07) is 12.3. The minimum absolute atomic E-state index is 0.125. The third-order valence-electron chi connectivity index (χ3n) is 3.28. The maximum atomic E-state index is 11.6. The molecule has 2 aromatic carbocycles. The molecule has 0 aromatic heterocycles. The molecule has 0 aliphatic carbocycles. The van der Waals surface area contributed by atoms with Crippen molar-refractivity contribution >= 4 is 11.8 Å². The lowest BCUT2D eigenvalue weighted by Crippen LogP contribution is -2.18. The fraction of sp³-hybridized carbons (Fsp3) is 0.125. The maximum absolute atomic E-state index is 11.6. The van der Waals surface area contributed by atoms with Gasteiger partial charge in [0.1, 0.15) is 0 Å². The van der Waals surface area contributed by atoms with Crippen molar-refractivity contribution in [1.82, 2.24) is 10.8 Å². The van der Waals surface area contributed by atoms with Crippen molar-refractivity contribution < 1.29 is 14.8 Å². The standard InChI is InChI=1S/C16H16N2O3/c1-10-9-13(15(19)17-2)7-8-14(10)11-3-5-12(6-4-11)16(20)18-21/h3-9,21H,1-2H3,(H,17,19)(H,18,20). The highest BCUT2D eigenvalue weighted by Gasteiger charge is 2.09. The van der Waals surface area contributed by atoms with Gasteiger partial charge in [0.05, 0.1) is 0 Å². The lowest BCUT2D eigenvalue weighted by atomic mass is 9.97. The number of aryl methyl sites for hydroxylation is 1. The molecule has 3 N–H and O–H groups in total. The predicted molar refractivity (Wildman–Crippen MR) is 79.3 cm³/mol. The van der Waals surface area contributed by atoms with Crippen molar-refractivity contribution in [2.24, 2.45) is 0 Å². The highest BCUT2D eigenvalue weighted by molar-refractivity contribution is 5.95. The highest BCUT2D eigenvalue weighted by Crippen LogP contribution is 2.24. The summed E-state index contributed by atoms with van der Waals surface area (Å²) < 4.78 is 0. The number of hydrogen-bond acceptors (Lipinski definition) is 3. The van der Waals surface area contributed by atoms with Crippen LogP contribution in [0.1, 0.15) is 26.3 Å². The van der Waals surface area contributed by atoms with Crippen molar-refractivity contribution in [3.05, 3.63) is 59.2 Å². The molecule has 0 aliphatic heterocycles. The average molecular weight is 284 g/mol. The predicted octanol–water partition coefficient (Wildman–Crippen LogP) is 2.14. The second-order valence-electron chi connectivity index (χ2n) is 4.63. The van der Waals surface area contributed by atoms with Gasteiger partial charge in [0.15, 0.2) is 0 Å². The lowest BCUT2D eigenvalue weighted by Gasteiger charge is -2.09. The van der Waals surface area contributed by atoms with Crippen LogP contribution in [0.2, 0.25) is 0 Å². The zero-order valence-electron chi connectivity index (χ0n) is 11.8. The molecule has 0 heterocycles. The quantitative estimate of drug-likeness (QED) is 0.597. The van der Waals surface area contributed by atoms with Gasteiger partial charge in [-0.3, -0.25) is 14.8 Å². The van der Waals surface area contributed by atoms with Crippen LogP contribution in [0.5, 0.6) is 0 Å². The lowest BCUT2D eigenvalue weighted by molar-refractivity contribution is 0.0706. The molecular formula is C16H16N2O3. The normalized spacial score (nSPS) is 10.0. The van der Waals surface area contributed by atoms with Crippen LogP contribution in [-0.4, -0.2) is 24.1 Å². The van der Waals surface area contributed by atoms with E-state index < -0.39 is 5.91 Å². The first-order chi connectivity index (χ1) is 10.1. The third-order valence-corrected chi connectivity index (χ3v) is 3.28. The first kappa shape index (κ1) is 14.7. The van der Waals surface area contributed by atoms with E-state index >= 15 is 0 Å². The molecule has 21 heavy (non-hydrogen) atoms. The highest BCUT2D eigenvalue weighted by atomic mass is 16.5. The van der Waals surface area contributed by atoms with Crippen molar-refractivity contribution in [1.29, 1.82) is 0 Å². The van der Waals surface area contributed by atoms with Crippen LogP contribution >= 0.6 is 0 Å². The molecule has 5 heteroatoms. The van der Waals surface area contributed by atoms with Crippen LogP contribution < -0.4 is 10.8 Å². The minimum atomic E-state index is -0.548. The molecule has 5 nitrogen and oxygen atoms in total. The Morgan fingerprint density at radius 1 is 0.952 bits per heavy atom. The van der Waals surface area contributed by atoms with Gasteiger partial charge < -0.3 is 5.32 Å². The molecule has 0 saturated heterocycles. The average Bonchev–Trinajstić information content (AvgIpc) is 2.53. The van der Waals surface area contributed by atoms with E-state index in [9.17, 15) is 9.59 Å². The van der Waals surface area contributed by atoms with E-state index in [2.05, 4.69) is 5.32 Å². The fourth-order valence-electron chi connectivity index (χ4n) is 2.14. The van der Waals surface area contributed by atoms with Gasteiger partial charge in [-0.05, 0) is 47.9 Å². The summed E-state index contributed by atoms with van der Waals surface area (Å²) in [5.74, 6) is -0.673. The van der Waals surface area contributed by atoms with Crippen LogP contribution in [-0.2, 0) is 0 Å². The molecule has 108 valence electrons. The van der Waals surface area contributed by atoms with Crippen molar-refractivity contribution in [3.8, 4) is 11.1 Å². The zero-order chi connectivity index (χ0) is 15.4. The summed E-state index contributed by atoms with van der Waals surface area (Å²) in [5.41, 5.74) is 5.47. The molecule has 0 bridgehead atoms. The van der Waals surface area contributed by atoms with Crippen molar-refractivity contribution in [3.63, 3.8) is 0 Å². The van der Waals surface area contributed by atoms with Gasteiger partial charge in [0.25, 0.3) is 11.8 Å². The van der Waals surface area contributed by atoms with Crippen LogP contribution in [0, 0.1) is 6.92 Å². The van der Waals surface area contributed by atoms with E-state index in [4.69, 9.17) is 5.21 Å². The Morgan fingerprint density at radius 3 is 2.10 bits per heavy atom. The first-order valence-electron chi connectivity index (χ1n) is 6.44. The Kier molecular flexibility index (Phi) is 4.35. The number of rotatable bonds is 3. The van der Waals surface area contributed by atoms with Gasteiger partial charge >= 0.3 is 0 Å². The Morgan fingerprint density at radius 2 is 1.57 bits per heavy atom. The van der Waals surface area contributed by atoms with E-state index in [0.717, 1.165) is 16.7 Å². The third kappa shape index (κ3) is 3.09. The Bertz CT molecular complexity index is 678. The van der Waals surface area contributed by atoms with E-state index in [-0.39, 0.29) is 5.91 Å². The van der Waals surface area contributed by atoms with E-state index in [1.165, 1.54) is 0 Å². The molecule has 0 aliphatic rings. The van der Waals surface area contributed by atoms with Crippen LogP contribution in [0.4, 0.5) is 0 Å². The molecular weight excluding hydrogens is 268 g/mol. The zero-order valence-corrected chi connectivity index (χ0v) is 11.8. The molecule has 0 saturated carbocycles. The monoisotopic (exact) mass is 284 g/mol. The van der Waals surface area contributed by atoms with Crippen LogP contribution in [0.3, 0.4) is 0 Å². The molecule has 2 amide bonds. The minimum Gasteiger partial charge on any atom is -0.355 e. The summed E-state index contributed by atoms with van der Waals surface area (Å²) in [7, 11) is 1.59. The Labute approximate surface area is 122 Å². The molecule has 2 rings (SSSR count). The number of carbonyl (C=O) groups is 2. The smallest absolute Gasteiger partial charge is 0.274 e. The molecule has 0 radical (unpaired) electrons.